The summed E-state index contributed by atoms with van der Waals surface area (Å²) < 4.78 is 10.5. The van der Waals surface area contributed by atoms with Gasteiger partial charge in [0.25, 0.3) is 0 Å². The highest BCUT2D eigenvalue weighted by Crippen LogP contribution is 2.28. The third-order valence-corrected chi connectivity index (χ3v) is 2.96. The zero-order valence-electron chi connectivity index (χ0n) is 12.3. The Labute approximate surface area is 123 Å². The van der Waals surface area contributed by atoms with Gasteiger partial charge in [-0.05, 0) is 32.9 Å². The molecule has 0 radical (unpaired) electrons. The molecule has 0 saturated carbocycles. The second-order valence-electron chi connectivity index (χ2n) is 4.67. The minimum atomic E-state index is -0.414. The first-order chi connectivity index (χ1) is 10.0. The molecule has 0 spiro atoms. The number of ether oxygens (including phenoxy) is 1. The van der Waals surface area contributed by atoms with Crippen molar-refractivity contribution in [3.8, 4) is 0 Å². The van der Waals surface area contributed by atoms with Crippen molar-refractivity contribution in [2.24, 2.45) is 0 Å². The van der Waals surface area contributed by atoms with E-state index in [4.69, 9.17) is 14.9 Å². The summed E-state index contributed by atoms with van der Waals surface area (Å²) in [5.41, 5.74) is 7.36. The van der Waals surface area contributed by atoms with Crippen LogP contribution in [0.1, 0.15) is 41.9 Å². The number of para-hydroxylation sites is 1. The summed E-state index contributed by atoms with van der Waals surface area (Å²) in [5, 5.41) is 3.17. The molecule has 2 rings (SSSR count). The van der Waals surface area contributed by atoms with Gasteiger partial charge in [0.05, 0.1) is 29.7 Å². The summed E-state index contributed by atoms with van der Waals surface area (Å²) >= 11 is 0. The molecular formula is C15H19N3O3. The number of nitrogen functional groups attached to an aromatic ring is 1. The van der Waals surface area contributed by atoms with E-state index in [0.717, 1.165) is 5.76 Å². The van der Waals surface area contributed by atoms with E-state index in [-0.39, 0.29) is 6.04 Å². The predicted octanol–water partition coefficient (Wildman–Crippen LogP) is 2.92. The Bertz CT molecular complexity index is 637. The van der Waals surface area contributed by atoms with Crippen LogP contribution in [0.3, 0.4) is 0 Å². The molecule has 1 atom stereocenters. The SMILES string of the molecule is CCOC(=O)c1cccc(N)c1NC(C)c1ncc(C)o1. The van der Waals surface area contributed by atoms with Crippen LogP contribution >= 0.6 is 0 Å². The first-order valence-electron chi connectivity index (χ1n) is 6.77. The van der Waals surface area contributed by atoms with E-state index < -0.39 is 5.97 Å². The van der Waals surface area contributed by atoms with Gasteiger partial charge in [-0.2, -0.15) is 0 Å². The quantitative estimate of drug-likeness (QED) is 0.649. The van der Waals surface area contributed by atoms with Gasteiger partial charge in [0.1, 0.15) is 11.8 Å². The Morgan fingerprint density at radius 3 is 2.90 bits per heavy atom. The molecule has 6 heteroatoms. The number of carbonyl (C=O) groups is 1. The fraction of sp³-hybridized carbons (Fsp3) is 0.333. The molecule has 0 amide bonds. The number of nitrogens with one attached hydrogen (secondary N) is 1. The molecule has 0 aliphatic rings. The van der Waals surface area contributed by atoms with Crippen molar-refractivity contribution < 1.29 is 13.9 Å². The van der Waals surface area contributed by atoms with Crippen molar-refractivity contribution >= 4 is 17.3 Å². The molecule has 1 heterocycles. The van der Waals surface area contributed by atoms with Crippen molar-refractivity contribution in [3.63, 3.8) is 0 Å². The first-order valence-corrected chi connectivity index (χ1v) is 6.77. The molecule has 112 valence electrons. The third kappa shape index (κ3) is 3.34. The summed E-state index contributed by atoms with van der Waals surface area (Å²) in [4.78, 5) is 16.1. The molecule has 21 heavy (non-hydrogen) atoms. The molecule has 1 aromatic heterocycles. The van der Waals surface area contributed by atoms with Gasteiger partial charge in [-0.1, -0.05) is 6.07 Å². The molecular weight excluding hydrogens is 270 g/mol. The maximum Gasteiger partial charge on any atom is 0.340 e. The Morgan fingerprint density at radius 2 is 2.29 bits per heavy atom. The lowest BCUT2D eigenvalue weighted by Gasteiger charge is -2.17. The van der Waals surface area contributed by atoms with Gasteiger partial charge in [0.2, 0.25) is 5.89 Å². The molecule has 0 bridgehead atoms. The molecule has 0 aliphatic carbocycles. The minimum Gasteiger partial charge on any atom is -0.462 e. The smallest absolute Gasteiger partial charge is 0.340 e. The topological polar surface area (TPSA) is 90.4 Å². The number of esters is 1. The average Bonchev–Trinajstić information content (AvgIpc) is 2.88. The molecule has 0 saturated heterocycles. The summed E-state index contributed by atoms with van der Waals surface area (Å²) in [6.45, 7) is 5.77. The van der Waals surface area contributed by atoms with Crippen LogP contribution in [-0.2, 0) is 4.74 Å². The molecule has 1 unspecified atom stereocenters. The van der Waals surface area contributed by atoms with E-state index in [2.05, 4.69) is 10.3 Å². The number of rotatable bonds is 5. The Balaban J connectivity index is 2.28. The van der Waals surface area contributed by atoms with E-state index in [0.29, 0.717) is 29.4 Å². The van der Waals surface area contributed by atoms with Crippen LogP contribution in [0.4, 0.5) is 11.4 Å². The van der Waals surface area contributed by atoms with Gasteiger partial charge in [-0.25, -0.2) is 9.78 Å². The highest BCUT2D eigenvalue weighted by molar-refractivity contribution is 5.98. The number of carbonyl (C=O) groups excluding carboxylic acids is 1. The van der Waals surface area contributed by atoms with Gasteiger partial charge < -0.3 is 20.2 Å². The molecule has 6 nitrogen and oxygen atoms in total. The fourth-order valence-corrected chi connectivity index (χ4v) is 1.96. The van der Waals surface area contributed by atoms with Gasteiger partial charge in [-0.3, -0.25) is 0 Å². The van der Waals surface area contributed by atoms with Crippen molar-refractivity contribution in [1.29, 1.82) is 0 Å². The number of hydrogen-bond acceptors (Lipinski definition) is 6. The van der Waals surface area contributed by atoms with Gasteiger partial charge in [0.15, 0.2) is 0 Å². The summed E-state index contributed by atoms with van der Waals surface area (Å²) in [5.74, 6) is 0.846. The highest BCUT2D eigenvalue weighted by atomic mass is 16.5. The van der Waals surface area contributed by atoms with Crippen LogP contribution in [0.25, 0.3) is 0 Å². The molecule has 1 aromatic carbocycles. The highest BCUT2D eigenvalue weighted by Gasteiger charge is 2.19. The van der Waals surface area contributed by atoms with E-state index in [9.17, 15) is 4.79 Å². The van der Waals surface area contributed by atoms with E-state index in [1.807, 2.05) is 13.8 Å². The standard InChI is InChI=1S/C15H19N3O3/c1-4-20-15(19)11-6-5-7-12(16)13(11)18-10(3)14-17-8-9(2)21-14/h5-8,10,18H,4,16H2,1-3H3. The van der Waals surface area contributed by atoms with Gasteiger partial charge in [-0.15, -0.1) is 0 Å². The Hall–Kier alpha value is -2.50. The van der Waals surface area contributed by atoms with Gasteiger partial charge >= 0.3 is 5.97 Å². The van der Waals surface area contributed by atoms with E-state index >= 15 is 0 Å². The fourth-order valence-electron chi connectivity index (χ4n) is 1.96. The number of hydrogen-bond donors (Lipinski definition) is 2. The van der Waals surface area contributed by atoms with Gasteiger partial charge in [0, 0.05) is 0 Å². The number of anilines is 2. The number of aryl methyl sites for hydroxylation is 1. The average molecular weight is 289 g/mol. The minimum absolute atomic E-state index is 0.225. The lowest BCUT2D eigenvalue weighted by atomic mass is 10.1. The van der Waals surface area contributed by atoms with Crippen molar-refractivity contribution in [1.82, 2.24) is 4.98 Å². The normalized spacial score (nSPS) is 12.0. The predicted molar refractivity (Wildman–Crippen MR) is 80.1 cm³/mol. The number of nitrogens with zero attached hydrogens (tertiary/aromatic N) is 1. The number of aromatic nitrogens is 1. The van der Waals surface area contributed by atoms with Crippen LogP contribution < -0.4 is 11.1 Å². The number of benzene rings is 1. The first kappa shape index (κ1) is 14.9. The van der Waals surface area contributed by atoms with E-state index in [1.165, 1.54) is 0 Å². The maximum absolute atomic E-state index is 12.0. The van der Waals surface area contributed by atoms with Crippen LogP contribution in [0, 0.1) is 6.92 Å². The van der Waals surface area contributed by atoms with Crippen molar-refractivity contribution in [2.75, 3.05) is 17.7 Å². The molecule has 2 aromatic rings. The molecule has 0 fully saturated rings. The lowest BCUT2D eigenvalue weighted by molar-refractivity contribution is 0.0527. The largest absolute Gasteiger partial charge is 0.462 e. The van der Waals surface area contributed by atoms with Crippen LogP contribution in [0.5, 0.6) is 0 Å². The Morgan fingerprint density at radius 1 is 1.52 bits per heavy atom. The van der Waals surface area contributed by atoms with Crippen LogP contribution in [-0.4, -0.2) is 17.6 Å². The second kappa shape index (κ2) is 6.30. The summed E-state index contributed by atoms with van der Waals surface area (Å²) in [6, 6.07) is 4.88. The molecule has 3 N–H and O–H groups in total. The third-order valence-electron chi connectivity index (χ3n) is 2.96. The molecule has 0 aliphatic heterocycles. The lowest BCUT2D eigenvalue weighted by Crippen LogP contribution is -2.14. The Kier molecular flexibility index (Phi) is 4.47. The summed E-state index contributed by atoms with van der Waals surface area (Å²) in [6.07, 6.45) is 1.65. The van der Waals surface area contributed by atoms with Crippen molar-refractivity contribution in [3.05, 3.63) is 41.6 Å². The number of nitrogens with two attached hydrogens (primary N) is 1. The summed E-state index contributed by atoms with van der Waals surface area (Å²) in [7, 11) is 0. The maximum atomic E-state index is 12.0. The number of oxazole rings is 1. The van der Waals surface area contributed by atoms with E-state index in [1.54, 1.807) is 31.3 Å². The zero-order chi connectivity index (χ0) is 15.4. The van der Waals surface area contributed by atoms with Crippen LogP contribution in [0.15, 0.2) is 28.8 Å². The van der Waals surface area contributed by atoms with Crippen LogP contribution in [0.2, 0.25) is 0 Å². The second-order valence-corrected chi connectivity index (χ2v) is 4.67. The monoisotopic (exact) mass is 289 g/mol. The van der Waals surface area contributed by atoms with Crippen molar-refractivity contribution in [2.45, 2.75) is 26.8 Å². The zero-order valence-corrected chi connectivity index (χ0v) is 12.3.